The molecule has 0 saturated heterocycles. The SMILES string of the molecule is COc1c[c]cc(I)c1OC. The van der Waals surface area contributed by atoms with Crippen molar-refractivity contribution in [3.63, 3.8) is 0 Å². The summed E-state index contributed by atoms with van der Waals surface area (Å²) in [5, 5.41) is 0. The van der Waals surface area contributed by atoms with Crippen molar-refractivity contribution < 1.29 is 9.47 Å². The number of hydrogen-bond donors (Lipinski definition) is 0. The summed E-state index contributed by atoms with van der Waals surface area (Å²) >= 11 is 2.17. The van der Waals surface area contributed by atoms with Gasteiger partial charge >= 0.3 is 0 Å². The first-order chi connectivity index (χ1) is 5.29. The standard InChI is InChI=1S/C8H8IO2/c1-10-7-5-3-4-6(9)8(7)11-2/h4-5H,1-2H3. The summed E-state index contributed by atoms with van der Waals surface area (Å²) in [5.74, 6) is 1.49. The van der Waals surface area contributed by atoms with Gasteiger partial charge in [0.1, 0.15) is 0 Å². The van der Waals surface area contributed by atoms with E-state index in [1.165, 1.54) is 0 Å². The third-order valence-electron chi connectivity index (χ3n) is 1.29. The van der Waals surface area contributed by atoms with Crippen molar-refractivity contribution in [3.05, 3.63) is 21.8 Å². The van der Waals surface area contributed by atoms with E-state index in [1.807, 2.05) is 6.07 Å². The second-order valence-corrected chi connectivity index (χ2v) is 3.07. The van der Waals surface area contributed by atoms with Crippen LogP contribution in [0.2, 0.25) is 0 Å². The number of methoxy groups -OCH3 is 2. The van der Waals surface area contributed by atoms with E-state index in [2.05, 4.69) is 28.7 Å². The first-order valence-corrected chi connectivity index (χ1v) is 4.15. The van der Waals surface area contributed by atoms with Crippen molar-refractivity contribution in [2.24, 2.45) is 0 Å². The second-order valence-electron chi connectivity index (χ2n) is 1.90. The van der Waals surface area contributed by atoms with Crippen molar-refractivity contribution in [2.75, 3.05) is 14.2 Å². The minimum atomic E-state index is 0.722. The van der Waals surface area contributed by atoms with Gasteiger partial charge in [0.25, 0.3) is 0 Å². The Morgan fingerprint density at radius 2 is 2.00 bits per heavy atom. The van der Waals surface area contributed by atoms with Crippen LogP contribution in [0.1, 0.15) is 0 Å². The smallest absolute Gasteiger partial charge is 0.174 e. The fraction of sp³-hybridized carbons (Fsp3) is 0.250. The Bertz CT molecular complexity index is 248. The number of halogens is 1. The van der Waals surface area contributed by atoms with Gasteiger partial charge in [-0.15, -0.1) is 0 Å². The highest BCUT2D eigenvalue weighted by atomic mass is 127. The molecule has 1 aromatic rings. The van der Waals surface area contributed by atoms with Gasteiger partial charge in [-0.25, -0.2) is 0 Å². The van der Waals surface area contributed by atoms with E-state index >= 15 is 0 Å². The molecule has 0 bridgehead atoms. The third kappa shape index (κ3) is 1.77. The average molecular weight is 263 g/mol. The zero-order chi connectivity index (χ0) is 8.27. The zero-order valence-electron chi connectivity index (χ0n) is 6.35. The Hall–Kier alpha value is -0.450. The number of ether oxygens (including phenoxy) is 2. The molecule has 0 unspecified atom stereocenters. The van der Waals surface area contributed by atoms with E-state index in [9.17, 15) is 0 Å². The van der Waals surface area contributed by atoms with Crippen molar-refractivity contribution in [1.82, 2.24) is 0 Å². The van der Waals surface area contributed by atoms with Crippen molar-refractivity contribution >= 4 is 22.6 Å². The van der Waals surface area contributed by atoms with E-state index in [4.69, 9.17) is 9.47 Å². The van der Waals surface area contributed by atoms with Gasteiger partial charge in [-0.2, -0.15) is 0 Å². The van der Waals surface area contributed by atoms with E-state index in [-0.39, 0.29) is 0 Å². The van der Waals surface area contributed by atoms with E-state index in [0.29, 0.717) is 0 Å². The average Bonchev–Trinajstić information content (AvgIpc) is 2.04. The van der Waals surface area contributed by atoms with Gasteiger partial charge in [0.05, 0.1) is 17.8 Å². The predicted molar refractivity (Wildman–Crippen MR) is 51.1 cm³/mol. The maximum Gasteiger partial charge on any atom is 0.174 e. The lowest BCUT2D eigenvalue weighted by Gasteiger charge is -2.07. The molecule has 0 aliphatic heterocycles. The van der Waals surface area contributed by atoms with Crippen LogP contribution in [-0.4, -0.2) is 14.2 Å². The summed E-state index contributed by atoms with van der Waals surface area (Å²) < 4.78 is 11.2. The van der Waals surface area contributed by atoms with Crippen LogP contribution in [0, 0.1) is 9.64 Å². The molecule has 0 N–H and O–H groups in total. The van der Waals surface area contributed by atoms with E-state index in [0.717, 1.165) is 15.1 Å². The Morgan fingerprint density at radius 3 is 2.45 bits per heavy atom. The lowest BCUT2D eigenvalue weighted by Crippen LogP contribution is -1.91. The number of rotatable bonds is 2. The van der Waals surface area contributed by atoms with Crippen molar-refractivity contribution in [1.29, 1.82) is 0 Å². The maximum atomic E-state index is 5.11. The molecule has 0 atom stereocenters. The van der Waals surface area contributed by atoms with Crippen LogP contribution in [0.3, 0.4) is 0 Å². The molecule has 1 aromatic carbocycles. The molecule has 0 spiro atoms. The lowest BCUT2D eigenvalue weighted by atomic mass is 10.3. The monoisotopic (exact) mass is 263 g/mol. The largest absolute Gasteiger partial charge is 0.493 e. The van der Waals surface area contributed by atoms with Gasteiger partial charge in [-0.05, 0) is 40.8 Å². The molecule has 0 amide bonds. The number of hydrogen-bond acceptors (Lipinski definition) is 2. The van der Waals surface area contributed by atoms with Crippen molar-refractivity contribution in [3.8, 4) is 11.5 Å². The van der Waals surface area contributed by atoms with Gasteiger partial charge in [0, 0.05) is 0 Å². The maximum absolute atomic E-state index is 5.11. The fourth-order valence-electron chi connectivity index (χ4n) is 0.789. The van der Waals surface area contributed by atoms with Crippen LogP contribution in [0.25, 0.3) is 0 Å². The van der Waals surface area contributed by atoms with Crippen LogP contribution >= 0.6 is 22.6 Å². The summed E-state index contributed by atoms with van der Waals surface area (Å²) in [6.45, 7) is 0. The molecule has 0 heterocycles. The summed E-state index contributed by atoms with van der Waals surface area (Å²) in [6, 6.07) is 6.54. The zero-order valence-corrected chi connectivity index (χ0v) is 8.51. The lowest BCUT2D eigenvalue weighted by molar-refractivity contribution is 0.353. The summed E-state index contributed by atoms with van der Waals surface area (Å²) in [5.41, 5.74) is 0. The van der Waals surface area contributed by atoms with E-state index in [1.54, 1.807) is 20.3 Å². The molecular weight excluding hydrogens is 255 g/mol. The molecule has 11 heavy (non-hydrogen) atoms. The minimum Gasteiger partial charge on any atom is -0.493 e. The molecular formula is C8H8IO2. The molecule has 0 fully saturated rings. The molecule has 0 aliphatic rings. The van der Waals surface area contributed by atoms with Gasteiger partial charge in [0.15, 0.2) is 11.5 Å². The second kappa shape index (κ2) is 3.80. The molecule has 1 radical (unpaired) electrons. The molecule has 0 aromatic heterocycles. The molecule has 0 saturated carbocycles. The third-order valence-corrected chi connectivity index (χ3v) is 2.09. The minimum absolute atomic E-state index is 0.722. The van der Waals surface area contributed by atoms with Crippen LogP contribution in [0.4, 0.5) is 0 Å². The normalized spacial score (nSPS) is 9.36. The fourth-order valence-corrected chi connectivity index (χ4v) is 1.45. The highest BCUT2D eigenvalue weighted by molar-refractivity contribution is 14.1. The van der Waals surface area contributed by atoms with Gasteiger partial charge < -0.3 is 9.47 Å². The molecule has 2 nitrogen and oxygen atoms in total. The van der Waals surface area contributed by atoms with Gasteiger partial charge in [-0.1, -0.05) is 0 Å². The van der Waals surface area contributed by atoms with Crippen molar-refractivity contribution in [2.45, 2.75) is 0 Å². The van der Waals surface area contributed by atoms with Crippen LogP contribution < -0.4 is 9.47 Å². The predicted octanol–water partition coefficient (Wildman–Crippen LogP) is 2.11. The first kappa shape index (κ1) is 8.64. The van der Waals surface area contributed by atoms with Gasteiger partial charge in [-0.3, -0.25) is 0 Å². The molecule has 59 valence electrons. The summed E-state index contributed by atoms with van der Waals surface area (Å²) in [6.07, 6.45) is 0. The number of benzene rings is 1. The first-order valence-electron chi connectivity index (χ1n) is 3.07. The topological polar surface area (TPSA) is 18.5 Å². The van der Waals surface area contributed by atoms with E-state index < -0.39 is 0 Å². The Kier molecular flexibility index (Phi) is 2.99. The van der Waals surface area contributed by atoms with Crippen LogP contribution in [0.15, 0.2) is 12.1 Å². The Morgan fingerprint density at radius 1 is 1.27 bits per heavy atom. The Balaban J connectivity index is 3.13. The Labute approximate surface area is 79.7 Å². The highest BCUT2D eigenvalue weighted by Gasteiger charge is 2.05. The quantitative estimate of drug-likeness (QED) is 0.761. The van der Waals surface area contributed by atoms with Crippen LogP contribution in [0.5, 0.6) is 11.5 Å². The molecule has 1 rings (SSSR count). The molecule has 0 aliphatic carbocycles. The van der Waals surface area contributed by atoms with Gasteiger partial charge in [0.2, 0.25) is 0 Å². The highest BCUT2D eigenvalue weighted by Crippen LogP contribution is 2.30. The molecule has 3 heteroatoms. The summed E-state index contributed by atoms with van der Waals surface area (Å²) in [4.78, 5) is 0. The van der Waals surface area contributed by atoms with Crippen LogP contribution in [-0.2, 0) is 0 Å². The summed E-state index contributed by atoms with van der Waals surface area (Å²) in [7, 11) is 3.24.